The fourth-order valence-corrected chi connectivity index (χ4v) is 3.61. The van der Waals surface area contributed by atoms with E-state index in [1.165, 1.54) is 0 Å². The molecule has 0 atom stereocenters. The topological polar surface area (TPSA) is 114 Å². The number of aromatic nitrogens is 6. The second-order valence-electron chi connectivity index (χ2n) is 7.82. The molecule has 0 aliphatic rings. The van der Waals surface area contributed by atoms with Gasteiger partial charge in [0.25, 0.3) is 5.89 Å². The van der Waals surface area contributed by atoms with Crippen molar-refractivity contribution in [3.05, 3.63) is 65.7 Å². The molecule has 10 heteroatoms. The molecular weight excluding hydrogens is 448 g/mol. The Bertz CT molecular complexity index is 1450. The summed E-state index contributed by atoms with van der Waals surface area (Å²) >= 11 is 0. The minimum absolute atomic E-state index is 0.293. The summed E-state index contributed by atoms with van der Waals surface area (Å²) < 4.78 is 23.9. The Morgan fingerprint density at radius 2 is 1.77 bits per heavy atom. The first-order valence-corrected chi connectivity index (χ1v) is 11.1. The fourth-order valence-electron chi connectivity index (χ4n) is 3.61. The average molecular weight is 473 g/mol. The lowest BCUT2D eigenvalue weighted by molar-refractivity contribution is 0.340. The maximum atomic E-state index is 5.89. The Morgan fingerprint density at radius 3 is 2.54 bits per heavy atom. The summed E-state index contributed by atoms with van der Waals surface area (Å²) in [7, 11) is 1.63. The average Bonchev–Trinajstić information content (AvgIpc) is 3.59. The molecule has 5 aromatic rings. The minimum Gasteiger partial charge on any atom is -0.497 e. The van der Waals surface area contributed by atoms with Crippen LogP contribution in [0.15, 0.2) is 57.5 Å². The summed E-state index contributed by atoms with van der Waals surface area (Å²) in [6.45, 7) is 6.68. The van der Waals surface area contributed by atoms with Gasteiger partial charge in [-0.1, -0.05) is 22.5 Å². The number of benzene rings is 2. The molecule has 0 unspecified atom stereocenters. The largest absolute Gasteiger partial charge is 0.497 e. The lowest BCUT2D eigenvalue weighted by atomic mass is 10.2. The van der Waals surface area contributed by atoms with E-state index >= 15 is 0 Å². The van der Waals surface area contributed by atoms with Crippen LogP contribution in [-0.4, -0.2) is 43.8 Å². The third-order valence-electron chi connectivity index (χ3n) is 5.54. The highest BCUT2D eigenvalue weighted by molar-refractivity contribution is 5.60. The molecule has 0 bridgehead atoms. The zero-order valence-corrected chi connectivity index (χ0v) is 19.8. The molecule has 35 heavy (non-hydrogen) atoms. The maximum Gasteiger partial charge on any atom is 0.280 e. The van der Waals surface area contributed by atoms with Crippen molar-refractivity contribution in [2.24, 2.45) is 0 Å². The number of methoxy groups -OCH3 is 1. The molecule has 0 N–H and O–H groups in total. The highest BCUT2D eigenvalue weighted by atomic mass is 16.5. The van der Waals surface area contributed by atoms with E-state index in [9.17, 15) is 0 Å². The van der Waals surface area contributed by atoms with Crippen molar-refractivity contribution in [2.75, 3.05) is 13.7 Å². The van der Waals surface area contributed by atoms with Crippen molar-refractivity contribution in [3.63, 3.8) is 0 Å². The number of aryl methyl sites for hydroxylation is 1. The number of nitrogens with zero attached hydrogens (tertiary/aromatic N) is 6. The highest BCUT2D eigenvalue weighted by Crippen LogP contribution is 2.27. The Labute approximate surface area is 201 Å². The van der Waals surface area contributed by atoms with E-state index in [4.69, 9.17) is 18.4 Å². The Kier molecular flexibility index (Phi) is 6.01. The molecule has 5 rings (SSSR count). The first-order chi connectivity index (χ1) is 17.1. The van der Waals surface area contributed by atoms with Crippen LogP contribution in [0.4, 0.5) is 0 Å². The van der Waals surface area contributed by atoms with Gasteiger partial charge in [-0.15, -0.1) is 5.10 Å². The summed E-state index contributed by atoms with van der Waals surface area (Å²) in [5, 5.41) is 12.7. The normalized spacial score (nSPS) is 11.1. The van der Waals surface area contributed by atoms with Crippen LogP contribution in [0.1, 0.15) is 24.1 Å². The molecule has 0 fully saturated rings. The number of hydrogen-bond acceptors (Lipinski definition) is 9. The van der Waals surface area contributed by atoms with Gasteiger partial charge >= 0.3 is 0 Å². The van der Waals surface area contributed by atoms with Gasteiger partial charge < -0.3 is 18.4 Å². The van der Waals surface area contributed by atoms with Crippen molar-refractivity contribution in [3.8, 4) is 45.9 Å². The zero-order chi connectivity index (χ0) is 24.4. The number of rotatable bonds is 8. The third kappa shape index (κ3) is 4.50. The molecule has 2 aromatic carbocycles. The summed E-state index contributed by atoms with van der Waals surface area (Å²) in [5.74, 6) is 3.51. The summed E-state index contributed by atoms with van der Waals surface area (Å²) in [6.07, 6.45) is 0. The molecule has 178 valence electrons. The predicted octanol–water partition coefficient (Wildman–Crippen LogP) is 4.72. The molecular formula is C25H24N6O4. The summed E-state index contributed by atoms with van der Waals surface area (Å²) in [4.78, 5) is 9.18. The van der Waals surface area contributed by atoms with E-state index in [1.807, 2.05) is 69.3 Å². The second kappa shape index (κ2) is 9.41. The smallest absolute Gasteiger partial charge is 0.280 e. The number of hydrogen-bond donors (Lipinski definition) is 0. The van der Waals surface area contributed by atoms with Crippen molar-refractivity contribution < 1.29 is 18.4 Å². The van der Waals surface area contributed by atoms with Gasteiger partial charge in [0.15, 0.2) is 5.69 Å². The van der Waals surface area contributed by atoms with Gasteiger partial charge in [0.1, 0.15) is 23.0 Å². The molecule has 3 heterocycles. The van der Waals surface area contributed by atoms with Gasteiger partial charge in [0.2, 0.25) is 11.7 Å². The molecule has 0 saturated carbocycles. The van der Waals surface area contributed by atoms with Crippen molar-refractivity contribution in [1.29, 1.82) is 0 Å². The SMILES string of the molecule is CCOc1cccc(-c2noc(-c3nnn(Cc4nc(-c5ccc(OC)cc5)oc4C)c3C)n2)c1. The van der Waals surface area contributed by atoms with E-state index in [-0.39, 0.29) is 0 Å². The van der Waals surface area contributed by atoms with Crippen LogP contribution in [-0.2, 0) is 6.54 Å². The van der Waals surface area contributed by atoms with E-state index < -0.39 is 0 Å². The lowest BCUT2D eigenvalue weighted by Gasteiger charge is -2.02. The second-order valence-corrected chi connectivity index (χ2v) is 7.82. The minimum atomic E-state index is 0.293. The van der Waals surface area contributed by atoms with Crippen molar-refractivity contribution in [2.45, 2.75) is 27.3 Å². The van der Waals surface area contributed by atoms with E-state index in [1.54, 1.807) is 11.8 Å². The molecule has 0 amide bonds. The number of oxazole rings is 1. The van der Waals surface area contributed by atoms with Crippen LogP contribution in [0.3, 0.4) is 0 Å². The van der Waals surface area contributed by atoms with E-state index in [0.717, 1.165) is 34.0 Å². The molecule has 0 radical (unpaired) electrons. The van der Waals surface area contributed by atoms with Crippen LogP contribution in [0, 0.1) is 13.8 Å². The molecule has 0 saturated heterocycles. The van der Waals surface area contributed by atoms with Crippen molar-refractivity contribution >= 4 is 0 Å². The van der Waals surface area contributed by atoms with Crippen LogP contribution in [0.2, 0.25) is 0 Å². The molecule has 0 spiro atoms. The van der Waals surface area contributed by atoms with Gasteiger partial charge in [-0.2, -0.15) is 4.98 Å². The molecule has 0 aliphatic heterocycles. The maximum absolute atomic E-state index is 5.89. The highest BCUT2D eigenvalue weighted by Gasteiger charge is 2.20. The third-order valence-corrected chi connectivity index (χ3v) is 5.54. The molecule has 3 aromatic heterocycles. The fraction of sp³-hybridized carbons (Fsp3) is 0.240. The van der Waals surface area contributed by atoms with Crippen LogP contribution >= 0.6 is 0 Å². The van der Waals surface area contributed by atoms with Gasteiger partial charge in [-0.05, 0) is 57.2 Å². The van der Waals surface area contributed by atoms with E-state index in [2.05, 4.69) is 25.4 Å². The van der Waals surface area contributed by atoms with Crippen LogP contribution < -0.4 is 9.47 Å². The van der Waals surface area contributed by atoms with Crippen molar-refractivity contribution in [1.82, 2.24) is 30.1 Å². The van der Waals surface area contributed by atoms with Crippen LogP contribution in [0.25, 0.3) is 34.4 Å². The number of ether oxygens (including phenoxy) is 2. The first kappa shape index (κ1) is 22.3. The first-order valence-electron chi connectivity index (χ1n) is 11.1. The monoisotopic (exact) mass is 472 g/mol. The van der Waals surface area contributed by atoms with Gasteiger partial charge in [-0.3, -0.25) is 0 Å². The van der Waals surface area contributed by atoms with Crippen LogP contribution in [0.5, 0.6) is 11.5 Å². The molecule has 0 aliphatic carbocycles. The summed E-state index contributed by atoms with van der Waals surface area (Å²) in [6, 6.07) is 15.1. The quantitative estimate of drug-likeness (QED) is 0.316. The zero-order valence-electron chi connectivity index (χ0n) is 19.8. The Hall–Kier alpha value is -4.47. The molecule has 10 nitrogen and oxygen atoms in total. The summed E-state index contributed by atoms with van der Waals surface area (Å²) in [5.41, 5.74) is 3.70. The van der Waals surface area contributed by atoms with Gasteiger partial charge in [-0.25, -0.2) is 9.67 Å². The standard InChI is InChI=1S/C25H24N6O4/c1-5-33-20-8-6-7-18(13-20)23-27-25(35-29-23)22-15(2)31(30-28-22)14-21-16(3)34-24(26-21)17-9-11-19(32-4)12-10-17/h6-13H,5,14H2,1-4H3. The predicted molar refractivity (Wildman–Crippen MR) is 127 cm³/mol. The Balaban J connectivity index is 1.37. The van der Waals surface area contributed by atoms with Gasteiger partial charge in [0.05, 0.1) is 26.0 Å². The van der Waals surface area contributed by atoms with E-state index in [0.29, 0.717) is 42.2 Å². The van der Waals surface area contributed by atoms with Gasteiger partial charge in [0, 0.05) is 11.1 Å². The lowest BCUT2D eigenvalue weighted by Crippen LogP contribution is -2.05. The Morgan fingerprint density at radius 1 is 0.943 bits per heavy atom.